The first-order valence-electron chi connectivity index (χ1n) is 7.37. The Morgan fingerprint density at radius 1 is 1.26 bits per heavy atom. The smallest absolute Gasteiger partial charge is 0.310 e. The molecule has 0 bridgehead atoms. The number of esters is 1. The van der Waals surface area contributed by atoms with Gasteiger partial charge in [-0.1, -0.05) is 57.4 Å². The lowest BCUT2D eigenvalue weighted by Gasteiger charge is -2.14. The van der Waals surface area contributed by atoms with Crippen LogP contribution in [0.2, 0.25) is 0 Å². The van der Waals surface area contributed by atoms with Crippen LogP contribution in [-0.4, -0.2) is 12.6 Å². The van der Waals surface area contributed by atoms with Crippen LogP contribution in [0.4, 0.5) is 0 Å². The van der Waals surface area contributed by atoms with Crippen molar-refractivity contribution in [3.63, 3.8) is 0 Å². The van der Waals surface area contributed by atoms with Crippen molar-refractivity contribution in [2.24, 2.45) is 5.92 Å². The highest BCUT2D eigenvalue weighted by Crippen LogP contribution is 2.14. The molecule has 0 aliphatic heterocycles. The Balaban J connectivity index is 2.37. The third-order valence-corrected chi connectivity index (χ3v) is 3.62. The molecule has 1 rings (SSSR count). The van der Waals surface area contributed by atoms with Crippen molar-refractivity contribution in [1.82, 2.24) is 0 Å². The van der Waals surface area contributed by atoms with Gasteiger partial charge in [0.25, 0.3) is 0 Å². The Morgan fingerprint density at radius 2 is 2.00 bits per heavy atom. The van der Waals surface area contributed by atoms with E-state index >= 15 is 0 Å². The minimum Gasteiger partial charge on any atom is -0.465 e. The standard InChI is InChI=1S/C17H26O2/c1-4-6-10-15(5-2)13-19-17(18)12-16-11-8-7-9-14(16)3/h7-9,11,15H,4-6,10,12-13H2,1-3H3. The van der Waals surface area contributed by atoms with Crippen molar-refractivity contribution < 1.29 is 9.53 Å². The molecule has 1 aromatic rings. The number of rotatable bonds is 8. The van der Waals surface area contributed by atoms with Gasteiger partial charge in [-0.25, -0.2) is 0 Å². The van der Waals surface area contributed by atoms with Crippen molar-refractivity contribution in [3.05, 3.63) is 35.4 Å². The molecule has 0 aliphatic rings. The highest BCUT2D eigenvalue weighted by Gasteiger charge is 2.11. The molecule has 19 heavy (non-hydrogen) atoms. The van der Waals surface area contributed by atoms with Gasteiger partial charge >= 0.3 is 5.97 Å². The van der Waals surface area contributed by atoms with Gasteiger partial charge < -0.3 is 4.74 Å². The van der Waals surface area contributed by atoms with Gasteiger partial charge in [0, 0.05) is 0 Å². The fraction of sp³-hybridized carbons (Fsp3) is 0.588. The molecule has 0 saturated carbocycles. The molecule has 106 valence electrons. The maximum atomic E-state index is 11.8. The Morgan fingerprint density at radius 3 is 2.63 bits per heavy atom. The van der Waals surface area contributed by atoms with E-state index in [9.17, 15) is 4.79 Å². The van der Waals surface area contributed by atoms with Crippen molar-refractivity contribution in [2.45, 2.75) is 52.9 Å². The summed E-state index contributed by atoms with van der Waals surface area (Å²) in [6.45, 7) is 6.95. The number of carbonyl (C=O) groups excluding carboxylic acids is 1. The highest BCUT2D eigenvalue weighted by atomic mass is 16.5. The zero-order valence-corrected chi connectivity index (χ0v) is 12.4. The Bertz CT molecular complexity index is 385. The summed E-state index contributed by atoms with van der Waals surface area (Å²) in [7, 11) is 0. The lowest BCUT2D eigenvalue weighted by Crippen LogP contribution is -2.15. The second kappa shape index (κ2) is 8.73. The Labute approximate surface area is 117 Å². The van der Waals surface area contributed by atoms with Crippen LogP contribution in [0.25, 0.3) is 0 Å². The van der Waals surface area contributed by atoms with E-state index in [0.717, 1.165) is 24.0 Å². The summed E-state index contributed by atoms with van der Waals surface area (Å²) in [6, 6.07) is 7.97. The molecule has 2 nitrogen and oxygen atoms in total. The number of carbonyl (C=O) groups is 1. The molecule has 0 spiro atoms. The number of ether oxygens (including phenoxy) is 1. The molecule has 0 amide bonds. The van der Waals surface area contributed by atoms with Gasteiger partial charge in [0.05, 0.1) is 13.0 Å². The van der Waals surface area contributed by atoms with Crippen molar-refractivity contribution in [1.29, 1.82) is 0 Å². The van der Waals surface area contributed by atoms with Gasteiger partial charge in [-0.05, 0) is 30.4 Å². The van der Waals surface area contributed by atoms with Gasteiger partial charge in [0.2, 0.25) is 0 Å². The number of aryl methyl sites for hydroxylation is 1. The Kier molecular flexibility index (Phi) is 7.24. The number of unbranched alkanes of at least 4 members (excludes halogenated alkanes) is 1. The van der Waals surface area contributed by atoms with E-state index in [1.807, 2.05) is 31.2 Å². The predicted octanol–water partition coefficient (Wildman–Crippen LogP) is 4.30. The lowest BCUT2D eigenvalue weighted by atomic mass is 10.0. The summed E-state index contributed by atoms with van der Waals surface area (Å²) in [4.78, 5) is 11.8. The quantitative estimate of drug-likeness (QED) is 0.653. The third kappa shape index (κ3) is 5.91. The van der Waals surface area contributed by atoms with Crippen LogP contribution >= 0.6 is 0 Å². The van der Waals surface area contributed by atoms with E-state index in [1.165, 1.54) is 12.8 Å². The number of hydrogen-bond acceptors (Lipinski definition) is 2. The molecule has 1 unspecified atom stereocenters. The van der Waals surface area contributed by atoms with E-state index < -0.39 is 0 Å². The van der Waals surface area contributed by atoms with E-state index in [-0.39, 0.29) is 5.97 Å². The molecular formula is C17H26O2. The molecule has 0 aromatic heterocycles. The first-order valence-corrected chi connectivity index (χ1v) is 7.37. The maximum Gasteiger partial charge on any atom is 0.310 e. The van der Waals surface area contributed by atoms with Crippen LogP contribution in [-0.2, 0) is 16.0 Å². The largest absolute Gasteiger partial charge is 0.465 e. The fourth-order valence-corrected chi connectivity index (χ4v) is 2.12. The lowest BCUT2D eigenvalue weighted by molar-refractivity contribution is -0.144. The van der Waals surface area contributed by atoms with Crippen LogP contribution in [0.15, 0.2) is 24.3 Å². The normalized spacial score (nSPS) is 12.2. The summed E-state index contributed by atoms with van der Waals surface area (Å²) in [5.74, 6) is 0.407. The summed E-state index contributed by atoms with van der Waals surface area (Å²) in [5, 5.41) is 0. The average molecular weight is 262 g/mol. The zero-order valence-electron chi connectivity index (χ0n) is 12.4. The molecule has 1 aromatic carbocycles. The van der Waals surface area contributed by atoms with Crippen molar-refractivity contribution >= 4 is 5.97 Å². The van der Waals surface area contributed by atoms with Crippen LogP contribution in [0, 0.1) is 12.8 Å². The SMILES string of the molecule is CCCCC(CC)COC(=O)Cc1ccccc1C. The molecule has 0 radical (unpaired) electrons. The average Bonchev–Trinajstić information content (AvgIpc) is 2.41. The first-order chi connectivity index (χ1) is 9.17. The van der Waals surface area contributed by atoms with E-state index in [1.54, 1.807) is 0 Å². The maximum absolute atomic E-state index is 11.8. The first kappa shape index (κ1) is 15.7. The van der Waals surface area contributed by atoms with Crippen LogP contribution in [0.5, 0.6) is 0 Å². The van der Waals surface area contributed by atoms with Gasteiger partial charge in [0.15, 0.2) is 0 Å². The molecule has 0 saturated heterocycles. The monoisotopic (exact) mass is 262 g/mol. The molecule has 0 N–H and O–H groups in total. The molecule has 0 heterocycles. The molecule has 1 atom stereocenters. The second-order valence-corrected chi connectivity index (χ2v) is 5.20. The fourth-order valence-electron chi connectivity index (χ4n) is 2.12. The third-order valence-electron chi connectivity index (χ3n) is 3.62. The summed E-state index contributed by atoms with van der Waals surface area (Å²) < 4.78 is 5.41. The van der Waals surface area contributed by atoms with Crippen LogP contribution < -0.4 is 0 Å². The van der Waals surface area contributed by atoms with Gasteiger partial charge in [-0.3, -0.25) is 4.79 Å². The van der Waals surface area contributed by atoms with E-state index in [2.05, 4.69) is 13.8 Å². The number of hydrogen-bond donors (Lipinski definition) is 0. The van der Waals surface area contributed by atoms with Gasteiger partial charge in [-0.15, -0.1) is 0 Å². The van der Waals surface area contributed by atoms with E-state index in [4.69, 9.17) is 4.74 Å². The molecular weight excluding hydrogens is 236 g/mol. The topological polar surface area (TPSA) is 26.3 Å². The zero-order chi connectivity index (χ0) is 14.1. The molecule has 0 fully saturated rings. The second-order valence-electron chi connectivity index (χ2n) is 5.20. The number of benzene rings is 1. The van der Waals surface area contributed by atoms with Crippen molar-refractivity contribution in [3.8, 4) is 0 Å². The summed E-state index contributed by atoms with van der Waals surface area (Å²) in [6.07, 6.45) is 5.04. The Hall–Kier alpha value is -1.31. The van der Waals surface area contributed by atoms with E-state index in [0.29, 0.717) is 18.9 Å². The highest BCUT2D eigenvalue weighted by molar-refractivity contribution is 5.73. The summed E-state index contributed by atoms with van der Waals surface area (Å²) in [5.41, 5.74) is 2.21. The van der Waals surface area contributed by atoms with Crippen molar-refractivity contribution in [2.75, 3.05) is 6.61 Å². The molecule has 2 heteroatoms. The van der Waals surface area contributed by atoms with Crippen LogP contribution in [0.1, 0.15) is 50.7 Å². The van der Waals surface area contributed by atoms with Gasteiger partial charge in [0.1, 0.15) is 0 Å². The molecule has 0 aliphatic carbocycles. The minimum absolute atomic E-state index is 0.107. The predicted molar refractivity (Wildman–Crippen MR) is 79.1 cm³/mol. The van der Waals surface area contributed by atoms with Gasteiger partial charge in [-0.2, -0.15) is 0 Å². The minimum atomic E-state index is -0.107. The van der Waals surface area contributed by atoms with Crippen LogP contribution in [0.3, 0.4) is 0 Å². The summed E-state index contributed by atoms with van der Waals surface area (Å²) >= 11 is 0.